The maximum atomic E-state index is 10.1. The van der Waals surface area contributed by atoms with Crippen LogP contribution < -0.4 is 5.32 Å². The Kier molecular flexibility index (Phi) is 5.14. The van der Waals surface area contributed by atoms with Gasteiger partial charge in [0.25, 0.3) is 0 Å². The van der Waals surface area contributed by atoms with Crippen LogP contribution >= 0.6 is 15.9 Å². The Morgan fingerprint density at radius 1 is 1.40 bits per heavy atom. The molecule has 0 aromatic heterocycles. The molecule has 2 rings (SSSR count). The summed E-state index contributed by atoms with van der Waals surface area (Å²) in [5, 5.41) is 13.8. The average Bonchev–Trinajstić information content (AvgIpc) is 2.38. The second-order valence-corrected chi connectivity index (χ2v) is 7.60. The van der Waals surface area contributed by atoms with Crippen molar-refractivity contribution in [3.8, 4) is 0 Å². The number of rotatable bonds is 4. The van der Waals surface area contributed by atoms with Gasteiger partial charge in [-0.25, -0.2) is 0 Å². The maximum absolute atomic E-state index is 10.1. The van der Waals surface area contributed by atoms with Crippen molar-refractivity contribution >= 4 is 21.6 Å². The molecule has 1 aliphatic rings. The summed E-state index contributed by atoms with van der Waals surface area (Å²) in [7, 11) is 0. The molecular formula is C17H26BrNO. The lowest BCUT2D eigenvalue weighted by Crippen LogP contribution is -2.54. The quantitative estimate of drug-likeness (QED) is 0.834. The molecule has 1 aromatic carbocycles. The topological polar surface area (TPSA) is 32.3 Å². The zero-order valence-electron chi connectivity index (χ0n) is 12.7. The second kappa shape index (κ2) is 6.48. The van der Waals surface area contributed by atoms with E-state index in [-0.39, 0.29) is 12.1 Å². The van der Waals surface area contributed by atoms with Gasteiger partial charge >= 0.3 is 0 Å². The predicted octanol–water partition coefficient (Wildman–Crippen LogP) is 4.68. The lowest BCUT2D eigenvalue weighted by Gasteiger charge is -2.48. The summed E-state index contributed by atoms with van der Waals surface area (Å²) in [4.78, 5) is 0. The van der Waals surface area contributed by atoms with E-state index >= 15 is 0 Å². The van der Waals surface area contributed by atoms with Gasteiger partial charge in [-0.3, -0.25) is 0 Å². The van der Waals surface area contributed by atoms with E-state index in [0.717, 1.165) is 16.6 Å². The third-order valence-corrected chi connectivity index (χ3v) is 5.19. The zero-order chi connectivity index (χ0) is 14.8. The van der Waals surface area contributed by atoms with E-state index in [0.29, 0.717) is 17.8 Å². The van der Waals surface area contributed by atoms with Gasteiger partial charge in [0, 0.05) is 10.2 Å². The molecule has 112 valence electrons. The molecule has 2 nitrogen and oxygen atoms in total. The summed E-state index contributed by atoms with van der Waals surface area (Å²) in [6.45, 7) is 7.04. The summed E-state index contributed by atoms with van der Waals surface area (Å²) < 4.78 is 1.07. The molecule has 3 heteroatoms. The molecule has 20 heavy (non-hydrogen) atoms. The van der Waals surface area contributed by atoms with Crippen LogP contribution in [0, 0.1) is 17.8 Å². The monoisotopic (exact) mass is 339 g/mol. The van der Waals surface area contributed by atoms with E-state index in [1.165, 1.54) is 12.8 Å². The molecule has 3 atom stereocenters. The van der Waals surface area contributed by atoms with Crippen molar-refractivity contribution in [3.05, 3.63) is 28.7 Å². The van der Waals surface area contributed by atoms with Crippen LogP contribution in [0.3, 0.4) is 0 Å². The first-order valence-electron chi connectivity index (χ1n) is 7.61. The lowest BCUT2D eigenvalue weighted by molar-refractivity contribution is 0.0685. The van der Waals surface area contributed by atoms with Crippen molar-refractivity contribution in [3.63, 3.8) is 0 Å². The van der Waals surface area contributed by atoms with Gasteiger partial charge in [-0.05, 0) is 48.8 Å². The van der Waals surface area contributed by atoms with E-state index < -0.39 is 0 Å². The van der Waals surface area contributed by atoms with Crippen molar-refractivity contribution in [2.75, 3.05) is 11.9 Å². The third-order valence-electron chi connectivity index (χ3n) is 4.70. The smallest absolute Gasteiger partial charge is 0.0664 e. The van der Waals surface area contributed by atoms with Gasteiger partial charge < -0.3 is 10.4 Å². The number of aliphatic hydroxyl groups is 1. The Morgan fingerprint density at radius 2 is 2.15 bits per heavy atom. The van der Waals surface area contributed by atoms with Crippen molar-refractivity contribution in [2.24, 2.45) is 17.8 Å². The highest BCUT2D eigenvalue weighted by Gasteiger charge is 2.43. The van der Waals surface area contributed by atoms with Crippen LogP contribution in [-0.2, 0) is 0 Å². The molecule has 1 aliphatic carbocycles. The van der Waals surface area contributed by atoms with Crippen molar-refractivity contribution in [1.82, 2.24) is 0 Å². The standard InChI is InChI=1S/C17H26BrNO/c1-12(2)16-8-7-13(3)10-17(16,11-20)19-15-6-4-5-14(18)9-15/h4-6,9,12-13,16,19-20H,7-8,10-11H2,1-3H3. The maximum Gasteiger partial charge on any atom is 0.0664 e. The molecule has 0 heterocycles. The van der Waals surface area contributed by atoms with Gasteiger partial charge in [0.15, 0.2) is 0 Å². The minimum atomic E-state index is -0.188. The van der Waals surface area contributed by atoms with Crippen molar-refractivity contribution < 1.29 is 5.11 Å². The molecule has 1 fully saturated rings. The number of hydrogen-bond acceptors (Lipinski definition) is 2. The van der Waals surface area contributed by atoms with Crippen molar-refractivity contribution in [2.45, 2.75) is 45.6 Å². The molecule has 0 spiro atoms. The molecule has 1 aromatic rings. The summed E-state index contributed by atoms with van der Waals surface area (Å²) in [6, 6.07) is 8.24. The molecule has 0 amide bonds. The number of benzene rings is 1. The molecular weight excluding hydrogens is 314 g/mol. The first-order valence-corrected chi connectivity index (χ1v) is 8.41. The van der Waals surface area contributed by atoms with Crippen LogP contribution in [-0.4, -0.2) is 17.3 Å². The first-order chi connectivity index (χ1) is 9.47. The van der Waals surface area contributed by atoms with Gasteiger partial charge in [0.1, 0.15) is 0 Å². The fourth-order valence-corrected chi connectivity index (χ4v) is 4.21. The van der Waals surface area contributed by atoms with E-state index in [1.54, 1.807) is 0 Å². The molecule has 0 aliphatic heterocycles. The van der Waals surface area contributed by atoms with E-state index in [4.69, 9.17) is 0 Å². The Hall–Kier alpha value is -0.540. The molecule has 3 unspecified atom stereocenters. The van der Waals surface area contributed by atoms with Crippen LogP contribution in [0.15, 0.2) is 28.7 Å². The third kappa shape index (κ3) is 3.37. The summed E-state index contributed by atoms with van der Waals surface area (Å²) in [5.41, 5.74) is 0.903. The predicted molar refractivity (Wildman–Crippen MR) is 88.9 cm³/mol. The molecule has 0 bridgehead atoms. The molecule has 0 saturated heterocycles. The average molecular weight is 340 g/mol. The SMILES string of the molecule is CC1CCC(C(C)C)C(CO)(Nc2cccc(Br)c2)C1. The molecule has 1 saturated carbocycles. The number of nitrogens with one attached hydrogen (secondary N) is 1. The fourth-order valence-electron chi connectivity index (χ4n) is 3.81. The Labute approximate surface area is 131 Å². The van der Waals surface area contributed by atoms with Gasteiger partial charge in [0.2, 0.25) is 0 Å². The van der Waals surface area contributed by atoms with Crippen LogP contribution in [0.25, 0.3) is 0 Å². The van der Waals surface area contributed by atoms with Gasteiger partial charge in [0.05, 0.1) is 12.1 Å². The largest absolute Gasteiger partial charge is 0.394 e. The van der Waals surface area contributed by atoms with Crippen LogP contribution in [0.4, 0.5) is 5.69 Å². The highest BCUT2D eigenvalue weighted by Crippen LogP contribution is 2.43. The number of hydrogen-bond donors (Lipinski definition) is 2. The van der Waals surface area contributed by atoms with Crippen LogP contribution in [0.1, 0.15) is 40.0 Å². The van der Waals surface area contributed by atoms with E-state index in [2.05, 4.69) is 54.2 Å². The first kappa shape index (κ1) is 15.8. The minimum Gasteiger partial charge on any atom is -0.394 e. The Balaban J connectivity index is 2.29. The zero-order valence-corrected chi connectivity index (χ0v) is 14.3. The van der Waals surface area contributed by atoms with Gasteiger partial charge in [-0.15, -0.1) is 0 Å². The molecule has 0 radical (unpaired) electrons. The Morgan fingerprint density at radius 3 is 2.75 bits per heavy atom. The summed E-state index contributed by atoms with van der Waals surface area (Å²) >= 11 is 3.52. The number of aliphatic hydroxyl groups excluding tert-OH is 1. The highest BCUT2D eigenvalue weighted by molar-refractivity contribution is 9.10. The lowest BCUT2D eigenvalue weighted by atomic mass is 9.65. The van der Waals surface area contributed by atoms with E-state index in [9.17, 15) is 5.11 Å². The van der Waals surface area contributed by atoms with Crippen LogP contribution in [0.2, 0.25) is 0 Å². The fraction of sp³-hybridized carbons (Fsp3) is 0.647. The number of anilines is 1. The van der Waals surface area contributed by atoms with Gasteiger partial charge in [-0.2, -0.15) is 0 Å². The summed E-state index contributed by atoms with van der Waals surface area (Å²) in [5.74, 6) is 1.76. The normalized spacial score (nSPS) is 30.5. The number of halogens is 1. The van der Waals surface area contributed by atoms with Crippen LogP contribution in [0.5, 0.6) is 0 Å². The highest BCUT2D eigenvalue weighted by atomic mass is 79.9. The van der Waals surface area contributed by atoms with Gasteiger partial charge in [-0.1, -0.05) is 49.2 Å². The Bertz CT molecular complexity index is 448. The van der Waals surface area contributed by atoms with Crippen molar-refractivity contribution in [1.29, 1.82) is 0 Å². The minimum absolute atomic E-state index is 0.188. The van der Waals surface area contributed by atoms with E-state index in [1.807, 2.05) is 12.1 Å². The molecule has 2 N–H and O–H groups in total. The second-order valence-electron chi connectivity index (χ2n) is 6.69. The summed E-state index contributed by atoms with van der Waals surface area (Å²) in [6.07, 6.45) is 3.50.